The summed E-state index contributed by atoms with van der Waals surface area (Å²) in [5.41, 5.74) is -1.08. The van der Waals surface area contributed by atoms with Crippen LogP contribution in [0.1, 0.15) is 35.3 Å². The van der Waals surface area contributed by atoms with Gasteiger partial charge in [0.1, 0.15) is 24.8 Å². The molecule has 0 saturated heterocycles. The van der Waals surface area contributed by atoms with Gasteiger partial charge in [0.15, 0.2) is 29.2 Å². The van der Waals surface area contributed by atoms with Crippen molar-refractivity contribution in [3.05, 3.63) is 82.7 Å². The van der Waals surface area contributed by atoms with Crippen LogP contribution in [0.5, 0.6) is 17.2 Å². The molecule has 0 aromatic heterocycles. The van der Waals surface area contributed by atoms with Gasteiger partial charge in [-0.15, -0.1) is 0 Å². The van der Waals surface area contributed by atoms with Crippen LogP contribution in [-0.4, -0.2) is 36.3 Å². The van der Waals surface area contributed by atoms with E-state index in [-0.39, 0.29) is 41.5 Å². The third kappa shape index (κ3) is 5.47. The first-order chi connectivity index (χ1) is 17.5. The van der Waals surface area contributed by atoms with Gasteiger partial charge in [0.2, 0.25) is 0 Å². The van der Waals surface area contributed by atoms with Gasteiger partial charge >= 0.3 is 5.97 Å². The highest BCUT2D eigenvalue weighted by molar-refractivity contribution is 6.05. The van der Waals surface area contributed by atoms with E-state index in [0.29, 0.717) is 11.3 Å². The molecule has 3 aromatic rings. The number of nitrogens with one attached hydrogen (secondary N) is 1. The Morgan fingerprint density at radius 2 is 1.81 bits per heavy atom. The normalized spacial score (nSPS) is 14.7. The monoisotopic (exact) mass is 515 g/mol. The zero-order valence-electron chi connectivity index (χ0n) is 20.2. The second-order valence-electron chi connectivity index (χ2n) is 9.13. The van der Waals surface area contributed by atoms with Crippen LogP contribution in [-0.2, 0) is 10.2 Å². The van der Waals surface area contributed by atoms with Gasteiger partial charge in [0.25, 0.3) is 5.91 Å². The van der Waals surface area contributed by atoms with Crippen molar-refractivity contribution in [2.24, 2.45) is 0 Å². The van der Waals surface area contributed by atoms with Crippen molar-refractivity contribution in [1.29, 1.82) is 0 Å². The Labute approximate surface area is 210 Å². The minimum atomic E-state index is -1.53. The topological polar surface area (TPSA) is 94.1 Å². The summed E-state index contributed by atoms with van der Waals surface area (Å²) in [6.07, 6.45) is -0.611. The number of aliphatic carboxylic acids is 1. The number of rotatable bonds is 7. The zero-order chi connectivity index (χ0) is 26.9. The second-order valence-corrected chi connectivity index (χ2v) is 9.13. The number of halogens is 3. The maximum atomic E-state index is 14.8. The van der Waals surface area contributed by atoms with Crippen LogP contribution in [0.15, 0.2) is 48.5 Å². The molecule has 0 bridgehead atoms. The lowest BCUT2D eigenvalue weighted by Crippen LogP contribution is -2.34. The number of carboxylic acid groups (broad SMARTS) is 1. The molecule has 1 amide bonds. The van der Waals surface area contributed by atoms with Crippen molar-refractivity contribution in [1.82, 2.24) is 0 Å². The lowest BCUT2D eigenvalue weighted by Gasteiger charge is -2.26. The number of fused-ring (bicyclic) bond motifs is 1. The van der Waals surface area contributed by atoms with E-state index >= 15 is 0 Å². The zero-order valence-corrected chi connectivity index (χ0v) is 20.2. The molecule has 0 spiro atoms. The van der Waals surface area contributed by atoms with E-state index in [1.807, 2.05) is 0 Å². The fourth-order valence-corrected chi connectivity index (χ4v) is 3.76. The van der Waals surface area contributed by atoms with E-state index in [2.05, 4.69) is 5.32 Å². The summed E-state index contributed by atoms with van der Waals surface area (Å²) in [7, 11) is 0. The van der Waals surface area contributed by atoms with E-state index in [1.165, 1.54) is 50.2 Å². The summed E-state index contributed by atoms with van der Waals surface area (Å²) >= 11 is 0. The first kappa shape index (κ1) is 25.9. The Hall–Kier alpha value is -4.21. The van der Waals surface area contributed by atoms with Crippen molar-refractivity contribution < 1.29 is 42.1 Å². The average molecular weight is 515 g/mol. The van der Waals surface area contributed by atoms with Crippen molar-refractivity contribution in [2.75, 3.05) is 18.5 Å². The number of benzene rings is 3. The smallest absolute Gasteiger partial charge is 0.313 e. The van der Waals surface area contributed by atoms with E-state index in [9.17, 15) is 27.9 Å². The number of hydrogen-bond donors (Lipinski definition) is 2. The molecular weight excluding hydrogens is 491 g/mol. The van der Waals surface area contributed by atoms with Gasteiger partial charge in [-0.3, -0.25) is 9.59 Å². The number of carbonyl (C=O) groups excluding carboxylic acids is 1. The molecule has 0 unspecified atom stereocenters. The molecule has 1 atom stereocenters. The van der Waals surface area contributed by atoms with Crippen LogP contribution in [0.3, 0.4) is 0 Å². The largest absolute Gasteiger partial charge is 0.486 e. The van der Waals surface area contributed by atoms with Gasteiger partial charge in [0.05, 0.1) is 5.41 Å². The number of hydrogen-bond acceptors (Lipinski definition) is 5. The van der Waals surface area contributed by atoms with Crippen LogP contribution in [0.4, 0.5) is 18.9 Å². The first-order valence-electron chi connectivity index (χ1n) is 11.3. The van der Waals surface area contributed by atoms with Crippen LogP contribution >= 0.6 is 0 Å². The predicted molar refractivity (Wildman–Crippen MR) is 128 cm³/mol. The Morgan fingerprint density at radius 1 is 1.05 bits per heavy atom. The van der Waals surface area contributed by atoms with Gasteiger partial charge in [-0.05, 0) is 68.8 Å². The molecule has 4 rings (SSSR count). The highest BCUT2D eigenvalue weighted by Gasteiger charge is 2.32. The summed E-state index contributed by atoms with van der Waals surface area (Å²) in [5.74, 6) is -3.41. The SMILES string of the molecule is Cc1cc(OC[C@@H]2COc3ccc(F)cc3O2)c(F)cc1C(=O)Nc1ccc(F)c(C(C)(C)C(=O)O)c1. The summed E-state index contributed by atoms with van der Waals surface area (Å²) in [6, 6.07) is 9.83. The van der Waals surface area contributed by atoms with Crippen molar-refractivity contribution in [3.8, 4) is 17.2 Å². The van der Waals surface area contributed by atoms with E-state index in [1.54, 1.807) is 6.92 Å². The Balaban J connectivity index is 1.45. The third-order valence-corrected chi connectivity index (χ3v) is 6.00. The maximum absolute atomic E-state index is 14.8. The molecule has 0 saturated carbocycles. The highest BCUT2D eigenvalue weighted by atomic mass is 19.1. The van der Waals surface area contributed by atoms with E-state index < -0.39 is 40.8 Å². The average Bonchev–Trinajstić information content (AvgIpc) is 2.84. The molecule has 37 heavy (non-hydrogen) atoms. The molecule has 7 nitrogen and oxygen atoms in total. The number of amides is 1. The fraction of sp³-hybridized carbons (Fsp3) is 0.259. The Morgan fingerprint density at radius 3 is 2.54 bits per heavy atom. The van der Waals surface area contributed by atoms with E-state index in [4.69, 9.17) is 14.2 Å². The second kappa shape index (κ2) is 10.0. The Bertz CT molecular complexity index is 1370. The lowest BCUT2D eigenvalue weighted by molar-refractivity contribution is -0.142. The molecule has 1 heterocycles. The van der Waals surface area contributed by atoms with Gasteiger partial charge in [0, 0.05) is 22.9 Å². The Kier molecular flexibility index (Phi) is 7.02. The van der Waals surface area contributed by atoms with Crippen molar-refractivity contribution in [3.63, 3.8) is 0 Å². The molecule has 0 fully saturated rings. The minimum absolute atomic E-state index is 0.00914. The fourth-order valence-electron chi connectivity index (χ4n) is 3.76. The molecule has 1 aliphatic heterocycles. The third-order valence-electron chi connectivity index (χ3n) is 6.00. The summed E-state index contributed by atoms with van der Waals surface area (Å²) < 4.78 is 59.2. The quantitative estimate of drug-likeness (QED) is 0.447. The summed E-state index contributed by atoms with van der Waals surface area (Å²) in [5, 5.41) is 12.0. The summed E-state index contributed by atoms with van der Waals surface area (Å²) in [6.45, 7) is 4.32. The van der Waals surface area contributed by atoms with E-state index in [0.717, 1.165) is 12.1 Å². The summed E-state index contributed by atoms with van der Waals surface area (Å²) in [4.78, 5) is 24.4. The number of aryl methyl sites for hydroxylation is 1. The van der Waals surface area contributed by atoms with Crippen LogP contribution in [0, 0.1) is 24.4 Å². The van der Waals surface area contributed by atoms with Gasteiger partial charge < -0.3 is 24.6 Å². The number of ether oxygens (including phenoxy) is 3. The highest BCUT2D eigenvalue weighted by Crippen LogP contribution is 2.33. The lowest BCUT2D eigenvalue weighted by atomic mass is 9.84. The van der Waals surface area contributed by atoms with Crippen molar-refractivity contribution in [2.45, 2.75) is 32.3 Å². The van der Waals surface area contributed by atoms with Gasteiger partial charge in [-0.1, -0.05) is 0 Å². The first-order valence-corrected chi connectivity index (χ1v) is 11.3. The number of carboxylic acids is 1. The maximum Gasteiger partial charge on any atom is 0.313 e. The molecule has 0 aliphatic carbocycles. The van der Waals surface area contributed by atoms with Crippen LogP contribution < -0.4 is 19.5 Å². The number of carbonyl (C=O) groups is 2. The van der Waals surface area contributed by atoms with Gasteiger partial charge in [-0.2, -0.15) is 0 Å². The molecule has 10 heteroatoms. The molecule has 0 radical (unpaired) electrons. The standard InChI is InChI=1S/C27H24F3NO6/c1-14-8-23(36-13-17-12-35-22-7-4-15(28)9-24(22)37-17)21(30)11-18(14)25(32)31-16-5-6-20(29)19(10-16)27(2,3)26(33)34/h4-11,17H,12-13H2,1-3H3,(H,31,32)(H,33,34)/t17-/m0/s1. The molecular formula is C27H24F3NO6. The molecule has 2 N–H and O–H groups in total. The van der Waals surface area contributed by atoms with Crippen LogP contribution in [0.2, 0.25) is 0 Å². The molecule has 3 aromatic carbocycles. The molecule has 1 aliphatic rings. The predicted octanol–water partition coefficient (Wildman–Crippen LogP) is 5.25. The van der Waals surface area contributed by atoms with Crippen LogP contribution in [0.25, 0.3) is 0 Å². The minimum Gasteiger partial charge on any atom is -0.486 e. The molecule has 194 valence electrons. The van der Waals surface area contributed by atoms with Gasteiger partial charge in [-0.25, -0.2) is 13.2 Å². The van der Waals surface area contributed by atoms with Crippen molar-refractivity contribution >= 4 is 17.6 Å². The number of anilines is 1.